The maximum atomic E-state index is 11.5. The van der Waals surface area contributed by atoms with E-state index in [0.717, 1.165) is 17.5 Å². The molecule has 0 amide bonds. The molecule has 0 spiro atoms. The molecule has 34 heavy (non-hydrogen) atoms. The molecule has 0 aliphatic heterocycles. The molecule has 4 nitrogen and oxygen atoms in total. The zero-order valence-corrected chi connectivity index (χ0v) is 20.2. The van der Waals surface area contributed by atoms with Crippen molar-refractivity contribution >= 4 is 5.97 Å². The Balaban J connectivity index is 1.67. The lowest BCUT2D eigenvalue weighted by atomic mass is 9.98. The molecule has 0 bridgehead atoms. The summed E-state index contributed by atoms with van der Waals surface area (Å²) in [6, 6.07) is 23.0. The highest BCUT2D eigenvalue weighted by Crippen LogP contribution is 2.30. The zero-order chi connectivity index (χ0) is 24.3. The normalized spacial score (nSPS) is 10.7. The third-order valence-corrected chi connectivity index (χ3v) is 5.73. The van der Waals surface area contributed by atoms with E-state index in [1.165, 1.54) is 36.0 Å². The highest BCUT2D eigenvalue weighted by Gasteiger charge is 2.09. The first-order chi connectivity index (χ1) is 16.5. The van der Waals surface area contributed by atoms with Gasteiger partial charge in [-0.25, -0.2) is 4.79 Å². The summed E-state index contributed by atoms with van der Waals surface area (Å²) in [6.45, 7) is 7.57. The van der Waals surface area contributed by atoms with Gasteiger partial charge in [0.05, 0.1) is 6.61 Å². The number of hydrogen-bond donors (Lipinski definition) is 1. The van der Waals surface area contributed by atoms with Crippen LogP contribution in [0.1, 0.15) is 44.2 Å². The fourth-order valence-electron chi connectivity index (χ4n) is 3.71. The van der Waals surface area contributed by atoms with Gasteiger partial charge in [0.15, 0.2) is 0 Å². The van der Waals surface area contributed by atoms with Gasteiger partial charge >= 0.3 is 5.97 Å². The molecule has 3 aromatic carbocycles. The van der Waals surface area contributed by atoms with Crippen LogP contribution in [-0.2, 0) is 22.6 Å². The number of rotatable bonds is 12. The van der Waals surface area contributed by atoms with Crippen LogP contribution >= 0.6 is 0 Å². The van der Waals surface area contributed by atoms with Gasteiger partial charge in [-0.05, 0) is 53.6 Å². The molecule has 178 valence electrons. The van der Waals surface area contributed by atoms with Crippen molar-refractivity contribution in [3.63, 3.8) is 0 Å². The predicted molar refractivity (Wildman–Crippen MR) is 138 cm³/mol. The van der Waals surface area contributed by atoms with Crippen molar-refractivity contribution in [2.45, 2.75) is 46.1 Å². The number of hydrogen-bond acceptors (Lipinski definition) is 4. The van der Waals surface area contributed by atoms with Crippen molar-refractivity contribution in [2.75, 3.05) is 13.2 Å². The average Bonchev–Trinajstić information content (AvgIpc) is 2.87. The Kier molecular flexibility index (Phi) is 9.48. The lowest BCUT2D eigenvalue weighted by Gasteiger charge is -2.13. The number of carbonyl (C=O) groups excluding carboxylic acids is 1. The second kappa shape index (κ2) is 12.8. The molecule has 0 aromatic heterocycles. The van der Waals surface area contributed by atoms with Crippen LogP contribution in [0.3, 0.4) is 0 Å². The SMILES string of the molecule is C=C(C)C(=O)OCCOc1cc(-c2ccc(-c3ccc(CCCCC)cc3)cc2)ccc1CO. The summed E-state index contributed by atoms with van der Waals surface area (Å²) in [5.74, 6) is 0.139. The number of aryl methyl sites for hydroxylation is 1. The van der Waals surface area contributed by atoms with E-state index in [-0.39, 0.29) is 19.8 Å². The lowest BCUT2D eigenvalue weighted by molar-refractivity contribution is -0.139. The van der Waals surface area contributed by atoms with Crippen LogP contribution < -0.4 is 4.74 Å². The molecule has 4 heteroatoms. The van der Waals surface area contributed by atoms with Crippen molar-refractivity contribution in [1.82, 2.24) is 0 Å². The van der Waals surface area contributed by atoms with Gasteiger partial charge < -0.3 is 14.6 Å². The largest absolute Gasteiger partial charge is 0.490 e. The summed E-state index contributed by atoms with van der Waals surface area (Å²) in [5, 5.41) is 9.66. The van der Waals surface area contributed by atoms with E-state index in [4.69, 9.17) is 9.47 Å². The molecule has 0 aliphatic rings. The number of aliphatic hydroxyl groups is 1. The Morgan fingerprint density at radius 2 is 1.44 bits per heavy atom. The summed E-state index contributed by atoms with van der Waals surface area (Å²) in [6.07, 6.45) is 4.89. The molecule has 0 saturated heterocycles. The molecule has 0 radical (unpaired) electrons. The lowest BCUT2D eigenvalue weighted by Crippen LogP contribution is -2.13. The standard InChI is InChI=1S/C30H34O4/c1-4-5-6-7-23-8-10-24(11-9-23)25-12-14-26(15-13-25)27-16-17-28(21-31)29(20-27)33-18-19-34-30(32)22(2)3/h8-17,20,31H,2,4-7,18-19,21H2,1,3H3. The molecular formula is C30H34O4. The summed E-state index contributed by atoms with van der Waals surface area (Å²) in [7, 11) is 0. The van der Waals surface area contributed by atoms with Crippen LogP contribution in [-0.4, -0.2) is 24.3 Å². The van der Waals surface area contributed by atoms with Crippen molar-refractivity contribution in [2.24, 2.45) is 0 Å². The first kappa shape index (κ1) is 25.3. The maximum absolute atomic E-state index is 11.5. The Labute approximate surface area is 202 Å². The number of unbranched alkanes of at least 4 members (excludes halogenated alkanes) is 2. The van der Waals surface area contributed by atoms with E-state index in [9.17, 15) is 9.90 Å². The molecule has 1 N–H and O–H groups in total. The van der Waals surface area contributed by atoms with Crippen molar-refractivity contribution in [1.29, 1.82) is 0 Å². The topological polar surface area (TPSA) is 55.8 Å². The van der Waals surface area contributed by atoms with Crippen LogP contribution in [0.25, 0.3) is 22.3 Å². The van der Waals surface area contributed by atoms with Gasteiger partial charge in [0.25, 0.3) is 0 Å². The smallest absolute Gasteiger partial charge is 0.333 e. The predicted octanol–water partition coefficient (Wildman–Crippen LogP) is 6.74. The summed E-state index contributed by atoms with van der Waals surface area (Å²) in [5.41, 5.74) is 6.85. The fourth-order valence-corrected chi connectivity index (χ4v) is 3.71. The highest BCUT2D eigenvalue weighted by molar-refractivity contribution is 5.86. The minimum atomic E-state index is -0.439. The maximum Gasteiger partial charge on any atom is 0.333 e. The van der Waals surface area contributed by atoms with Crippen LogP contribution in [0.4, 0.5) is 0 Å². The molecule has 3 aromatic rings. The molecule has 0 fully saturated rings. The molecule has 0 heterocycles. The van der Waals surface area contributed by atoms with Gasteiger partial charge in [-0.2, -0.15) is 0 Å². The number of ether oxygens (including phenoxy) is 2. The molecule has 3 rings (SSSR count). The van der Waals surface area contributed by atoms with Gasteiger partial charge in [-0.15, -0.1) is 0 Å². The third kappa shape index (κ3) is 7.06. The third-order valence-electron chi connectivity index (χ3n) is 5.73. The van der Waals surface area contributed by atoms with Gasteiger partial charge in [0, 0.05) is 11.1 Å². The Bertz CT molecular complexity index is 1080. The number of carbonyl (C=O) groups is 1. The van der Waals surface area contributed by atoms with E-state index in [1.807, 2.05) is 18.2 Å². The second-order valence-corrected chi connectivity index (χ2v) is 8.48. The van der Waals surface area contributed by atoms with Crippen LogP contribution in [0.2, 0.25) is 0 Å². The molecular weight excluding hydrogens is 424 g/mol. The molecule has 0 unspecified atom stereocenters. The fraction of sp³-hybridized carbons (Fsp3) is 0.300. The van der Waals surface area contributed by atoms with Gasteiger partial charge in [0.1, 0.15) is 19.0 Å². The molecule has 0 aliphatic carbocycles. The van der Waals surface area contributed by atoms with Crippen LogP contribution in [0.5, 0.6) is 5.75 Å². The van der Waals surface area contributed by atoms with Crippen molar-refractivity contribution in [3.05, 3.63) is 90.0 Å². The van der Waals surface area contributed by atoms with Crippen molar-refractivity contribution < 1.29 is 19.4 Å². The van der Waals surface area contributed by atoms with Crippen LogP contribution in [0.15, 0.2) is 78.9 Å². The minimum absolute atomic E-state index is 0.118. The Hall–Kier alpha value is -3.37. The Morgan fingerprint density at radius 1 is 0.853 bits per heavy atom. The molecule has 0 saturated carbocycles. The van der Waals surface area contributed by atoms with E-state index in [2.05, 4.69) is 62.0 Å². The van der Waals surface area contributed by atoms with Gasteiger partial charge in [0.2, 0.25) is 0 Å². The first-order valence-electron chi connectivity index (χ1n) is 11.9. The summed E-state index contributed by atoms with van der Waals surface area (Å²) < 4.78 is 10.9. The monoisotopic (exact) mass is 458 g/mol. The minimum Gasteiger partial charge on any atom is -0.490 e. The number of benzene rings is 3. The van der Waals surface area contributed by atoms with E-state index in [1.54, 1.807) is 6.92 Å². The van der Waals surface area contributed by atoms with E-state index in [0.29, 0.717) is 16.9 Å². The van der Waals surface area contributed by atoms with E-state index < -0.39 is 5.97 Å². The zero-order valence-electron chi connectivity index (χ0n) is 20.2. The first-order valence-corrected chi connectivity index (χ1v) is 11.9. The van der Waals surface area contributed by atoms with Gasteiger partial charge in [-0.1, -0.05) is 87.0 Å². The Morgan fingerprint density at radius 3 is 2.03 bits per heavy atom. The van der Waals surface area contributed by atoms with Crippen LogP contribution in [0, 0.1) is 0 Å². The highest BCUT2D eigenvalue weighted by atomic mass is 16.6. The summed E-state index contributed by atoms with van der Waals surface area (Å²) >= 11 is 0. The quantitative estimate of drug-likeness (QED) is 0.185. The summed E-state index contributed by atoms with van der Waals surface area (Å²) in [4.78, 5) is 11.5. The number of aliphatic hydroxyl groups excluding tert-OH is 1. The molecule has 0 atom stereocenters. The second-order valence-electron chi connectivity index (χ2n) is 8.48. The van der Waals surface area contributed by atoms with E-state index >= 15 is 0 Å². The van der Waals surface area contributed by atoms with Crippen molar-refractivity contribution in [3.8, 4) is 28.0 Å². The number of esters is 1. The van der Waals surface area contributed by atoms with Gasteiger partial charge in [-0.3, -0.25) is 0 Å². The average molecular weight is 459 g/mol.